The second-order valence-corrected chi connectivity index (χ2v) is 6.56. The van der Waals surface area contributed by atoms with Gasteiger partial charge in [-0.25, -0.2) is 4.79 Å². The van der Waals surface area contributed by atoms with Crippen LogP contribution in [0.25, 0.3) is 0 Å². The number of likely N-dealkylation sites (N-methyl/N-ethyl adjacent to an activating group) is 1. The quantitative estimate of drug-likeness (QED) is 0.671. The molecule has 0 aliphatic carbocycles. The van der Waals surface area contributed by atoms with E-state index in [0.29, 0.717) is 35.8 Å². The third-order valence-electron chi connectivity index (χ3n) is 4.39. The molecule has 2 rings (SSSR count). The van der Waals surface area contributed by atoms with Crippen LogP contribution in [0.4, 0.5) is 5.69 Å². The average molecular weight is 387 g/mol. The van der Waals surface area contributed by atoms with E-state index in [1.807, 2.05) is 26.1 Å². The Kier molecular flexibility index (Phi) is 7.40. The van der Waals surface area contributed by atoms with Crippen molar-refractivity contribution in [2.45, 2.75) is 13.5 Å². The largest absolute Gasteiger partial charge is 0.493 e. The Hall–Kier alpha value is -3.06. The zero-order chi connectivity index (χ0) is 20.7. The van der Waals surface area contributed by atoms with Gasteiger partial charge in [0, 0.05) is 11.3 Å². The van der Waals surface area contributed by atoms with Crippen LogP contribution in [0.3, 0.4) is 0 Å². The number of esters is 1. The summed E-state index contributed by atoms with van der Waals surface area (Å²) in [4.78, 5) is 24.8. The molecule has 150 valence electrons. The zero-order valence-electron chi connectivity index (χ0n) is 16.9. The van der Waals surface area contributed by atoms with E-state index in [9.17, 15) is 9.59 Å². The molecule has 0 fully saturated rings. The number of nitrogens with one attached hydrogen (secondary N) is 2. The van der Waals surface area contributed by atoms with Crippen LogP contribution in [0.5, 0.6) is 11.5 Å². The number of rotatable bonds is 8. The Morgan fingerprint density at radius 3 is 2.18 bits per heavy atom. The molecule has 0 radical (unpaired) electrons. The summed E-state index contributed by atoms with van der Waals surface area (Å²) in [5.74, 6) is 0.842. The lowest BCUT2D eigenvalue weighted by atomic mass is 10.1. The molecule has 0 heterocycles. The Morgan fingerprint density at radius 2 is 1.61 bits per heavy atom. The molecule has 1 amide bonds. The van der Waals surface area contributed by atoms with Crippen LogP contribution in [0.2, 0.25) is 0 Å². The first-order chi connectivity index (χ1) is 13.4. The molecule has 1 atom stereocenters. The minimum atomic E-state index is -0.410. The fourth-order valence-corrected chi connectivity index (χ4v) is 2.89. The van der Waals surface area contributed by atoms with Gasteiger partial charge in [0.05, 0.1) is 33.9 Å². The summed E-state index contributed by atoms with van der Waals surface area (Å²) < 4.78 is 15.3. The first kappa shape index (κ1) is 21.2. The molecule has 28 heavy (non-hydrogen) atoms. The van der Waals surface area contributed by atoms with E-state index in [0.717, 1.165) is 16.0 Å². The predicted octanol–water partition coefficient (Wildman–Crippen LogP) is 1.45. The van der Waals surface area contributed by atoms with Crippen LogP contribution in [-0.4, -0.2) is 46.8 Å². The van der Waals surface area contributed by atoms with Crippen molar-refractivity contribution in [3.8, 4) is 11.5 Å². The minimum Gasteiger partial charge on any atom is -0.493 e. The third-order valence-corrected chi connectivity index (χ3v) is 4.39. The molecule has 0 spiro atoms. The van der Waals surface area contributed by atoms with Gasteiger partial charge in [0.15, 0.2) is 18.0 Å². The number of quaternary nitrogens is 1. The van der Waals surface area contributed by atoms with Gasteiger partial charge in [-0.2, -0.15) is 0 Å². The zero-order valence-corrected chi connectivity index (χ0v) is 16.9. The van der Waals surface area contributed by atoms with Gasteiger partial charge < -0.3 is 24.4 Å². The summed E-state index contributed by atoms with van der Waals surface area (Å²) in [5.41, 5.74) is 3.24. The van der Waals surface area contributed by atoms with Crippen molar-refractivity contribution in [3.05, 3.63) is 53.1 Å². The first-order valence-electron chi connectivity index (χ1n) is 8.89. The number of carbonyl (C=O) groups excluding carboxylic acids is 2. The van der Waals surface area contributed by atoms with E-state index in [4.69, 9.17) is 9.47 Å². The van der Waals surface area contributed by atoms with Gasteiger partial charge in [0.2, 0.25) is 0 Å². The maximum atomic E-state index is 12.3. The Morgan fingerprint density at radius 1 is 1.00 bits per heavy atom. The van der Waals surface area contributed by atoms with Gasteiger partial charge in [0.1, 0.15) is 6.54 Å². The number of hydrogen-bond acceptors (Lipinski definition) is 5. The van der Waals surface area contributed by atoms with Crippen molar-refractivity contribution in [2.75, 3.05) is 40.2 Å². The Bertz CT molecular complexity index is 833. The maximum Gasteiger partial charge on any atom is 0.337 e. The third kappa shape index (κ3) is 5.47. The van der Waals surface area contributed by atoms with Gasteiger partial charge in [-0.05, 0) is 48.9 Å². The first-order valence-corrected chi connectivity index (χ1v) is 8.89. The van der Waals surface area contributed by atoms with E-state index in [1.165, 1.54) is 7.11 Å². The number of carbonyl (C=O) groups is 2. The number of ether oxygens (including phenoxy) is 3. The molecule has 0 aliphatic rings. The standard InChI is InChI=1S/C21H26N2O5/c1-14-10-18(26-3)19(27-4)11-16(14)12-23(2)13-20(24)22-17-8-6-15(7-9-17)21(25)28-5/h6-11H,12-13H2,1-5H3,(H,22,24)/p+1. The van der Waals surface area contributed by atoms with E-state index in [-0.39, 0.29) is 5.91 Å². The van der Waals surface area contributed by atoms with Crippen LogP contribution in [0.1, 0.15) is 21.5 Å². The fourth-order valence-electron chi connectivity index (χ4n) is 2.89. The molecule has 0 bridgehead atoms. The lowest BCUT2D eigenvalue weighted by Gasteiger charge is -2.17. The van der Waals surface area contributed by atoms with Crippen molar-refractivity contribution in [3.63, 3.8) is 0 Å². The number of methoxy groups -OCH3 is 3. The summed E-state index contributed by atoms with van der Waals surface area (Å²) in [5, 5.41) is 2.84. The SMILES string of the molecule is COC(=O)c1ccc(NC(=O)C[NH+](C)Cc2cc(OC)c(OC)cc2C)cc1. The maximum absolute atomic E-state index is 12.3. The number of hydrogen-bond donors (Lipinski definition) is 2. The van der Waals surface area contributed by atoms with Crippen LogP contribution in [0, 0.1) is 6.92 Å². The lowest BCUT2D eigenvalue weighted by molar-refractivity contribution is -0.885. The summed E-state index contributed by atoms with van der Waals surface area (Å²) >= 11 is 0. The van der Waals surface area contributed by atoms with Crippen molar-refractivity contribution < 1.29 is 28.7 Å². The topological polar surface area (TPSA) is 78.3 Å². The highest BCUT2D eigenvalue weighted by molar-refractivity contribution is 5.93. The van der Waals surface area contributed by atoms with Crippen molar-refractivity contribution >= 4 is 17.6 Å². The van der Waals surface area contributed by atoms with Crippen LogP contribution in [0.15, 0.2) is 36.4 Å². The van der Waals surface area contributed by atoms with Crippen molar-refractivity contribution in [2.24, 2.45) is 0 Å². The average Bonchev–Trinajstić information content (AvgIpc) is 2.68. The van der Waals surface area contributed by atoms with Crippen LogP contribution >= 0.6 is 0 Å². The van der Waals surface area contributed by atoms with Crippen molar-refractivity contribution in [1.82, 2.24) is 0 Å². The van der Waals surface area contributed by atoms with Gasteiger partial charge >= 0.3 is 5.97 Å². The minimum absolute atomic E-state index is 0.110. The monoisotopic (exact) mass is 387 g/mol. The Balaban J connectivity index is 1.96. The smallest absolute Gasteiger partial charge is 0.337 e. The highest BCUT2D eigenvalue weighted by atomic mass is 16.5. The number of amides is 1. The molecule has 0 saturated heterocycles. The highest BCUT2D eigenvalue weighted by Gasteiger charge is 2.15. The second kappa shape index (κ2) is 9.75. The summed E-state index contributed by atoms with van der Waals surface area (Å²) in [6, 6.07) is 10.5. The number of benzene rings is 2. The van der Waals surface area contributed by atoms with Gasteiger partial charge in [-0.1, -0.05) is 0 Å². The van der Waals surface area contributed by atoms with E-state index in [2.05, 4.69) is 10.1 Å². The molecule has 2 N–H and O–H groups in total. The number of anilines is 1. The van der Waals surface area contributed by atoms with E-state index in [1.54, 1.807) is 38.5 Å². The molecular weight excluding hydrogens is 360 g/mol. The molecule has 2 aromatic rings. The van der Waals surface area contributed by atoms with Gasteiger partial charge in [0.25, 0.3) is 5.91 Å². The summed E-state index contributed by atoms with van der Waals surface area (Å²) in [6.45, 7) is 2.97. The summed E-state index contributed by atoms with van der Waals surface area (Å²) in [6.07, 6.45) is 0. The van der Waals surface area contributed by atoms with Gasteiger partial charge in [-0.15, -0.1) is 0 Å². The molecule has 0 aromatic heterocycles. The molecule has 7 nitrogen and oxygen atoms in total. The molecule has 2 aromatic carbocycles. The van der Waals surface area contributed by atoms with E-state index >= 15 is 0 Å². The molecule has 0 aliphatic heterocycles. The van der Waals surface area contributed by atoms with Crippen LogP contribution in [-0.2, 0) is 16.1 Å². The van der Waals surface area contributed by atoms with Crippen molar-refractivity contribution in [1.29, 1.82) is 0 Å². The van der Waals surface area contributed by atoms with Gasteiger partial charge in [-0.3, -0.25) is 4.79 Å². The van der Waals surface area contributed by atoms with Crippen LogP contribution < -0.4 is 19.7 Å². The normalized spacial score (nSPS) is 11.5. The highest BCUT2D eigenvalue weighted by Crippen LogP contribution is 2.29. The predicted molar refractivity (Wildman–Crippen MR) is 106 cm³/mol. The van der Waals surface area contributed by atoms with E-state index < -0.39 is 5.97 Å². The Labute approximate surface area is 165 Å². The molecule has 1 unspecified atom stereocenters. The summed E-state index contributed by atoms with van der Waals surface area (Å²) in [7, 11) is 6.50. The molecular formula is C21H27N2O5+. The molecule has 0 saturated carbocycles. The molecule has 7 heteroatoms. The fraction of sp³-hybridized carbons (Fsp3) is 0.333. The number of aryl methyl sites for hydroxylation is 1. The lowest BCUT2D eigenvalue weighted by Crippen LogP contribution is -3.08. The second-order valence-electron chi connectivity index (χ2n) is 6.56.